The van der Waals surface area contributed by atoms with Crippen molar-refractivity contribution in [3.8, 4) is 5.75 Å². The van der Waals surface area contributed by atoms with Crippen LogP contribution in [-0.4, -0.2) is 13.2 Å². The van der Waals surface area contributed by atoms with Crippen LogP contribution < -0.4 is 10.1 Å². The van der Waals surface area contributed by atoms with E-state index in [4.69, 9.17) is 4.74 Å². The molecule has 1 aliphatic heterocycles. The monoisotopic (exact) mass is 207 g/mol. The highest BCUT2D eigenvalue weighted by Gasteiger charge is 2.39. The maximum Gasteiger partial charge on any atom is 0.142 e. The standard InChI is InChI=1S/C12H14FNO/c13-9-2-3-11-10(6-9)14-7-12(8-15-11)4-1-5-12/h2-3,6,14H,1,4-5,7-8H2. The van der Waals surface area contributed by atoms with Crippen molar-refractivity contribution in [2.75, 3.05) is 18.5 Å². The molecule has 1 heterocycles. The van der Waals surface area contributed by atoms with Crippen LogP contribution in [0.4, 0.5) is 10.1 Å². The molecule has 1 aliphatic carbocycles. The SMILES string of the molecule is Fc1ccc2c(c1)NCC1(CCC1)CO2. The van der Waals surface area contributed by atoms with Gasteiger partial charge in [0, 0.05) is 18.0 Å². The van der Waals surface area contributed by atoms with Crippen molar-refractivity contribution in [1.29, 1.82) is 0 Å². The van der Waals surface area contributed by atoms with Crippen LogP contribution in [0.5, 0.6) is 5.75 Å². The van der Waals surface area contributed by atoms with Crippen LogP contribution in [0.3, 0.4) is 0 Å². The van der Waals surface area contributed by atoms with Crippen LogP contribution in [0.1, 0.15) is 19.3 Å². The summed E-state index contributed by atoms with van der Waals surface area (Å²) < 4.78 is 18.8. The lowest BCUT2D eigenvalue weighted by Gasteiger charge is -2.40. The number of halogens is 1. The molecule has 1 aromatic rings. The number of benzene rings is 1. The van der Waals surface area contributed by atoms with Crippen LogP contribution >= 0.6 is 0 Å². The quantitative estimate of drug-likeness (QED) is 0.706. The van der Waals surface area contributed by atoms with E-state index in [1.54, 1.807) is 6.07 Å². The molecule has 0 saturated heterocycles. The molecular formula is C12H14FNO. The van der Waals surface area contributed by atoms with Crippen LogP contribution in [-0.2, 0) is 0 Å². The zero-order valence-electron chi connectivity index (χ0n) is 8.55. The lowest BCUT2D eigenvalue weighted by Crippen LogP contribution is -2.40. The number of rotatable bonds is 0. The molecule has 1 N–H and O–H groups in total. The Morgan fingerprint density at radius 2 is 2.20 bits per heavy atom. The van der Waals surface area contributed by atoms with E-state index in [0.29, 0.717) is 5.41 Å². The van der Waals surface area contributed by atoms with Gasteiger partial charge in [-0.1, -0.05) is 6.42 Å². The normalized spacial score (nSPS) is 21.9. The third-order valence-corrected chi connectivity index (χ3v) is 3.54. The summed E-state index contributed by atoms with van der Waals surface area (Å²) in [7, 11) is 0. The summed E-state index contributed by atoms with van der Waals surface area (Å²) in [6.45, 7) is 1.67. The molecule has 1 aromatic carbocycles. The smallest absolute Gasteiger partial charge is 0.142 e. The molecule has 15 heavy (non-hydrogen) atoms. The van der Waals surface area contributed by atoms with E-state index < -0.39 is 0 Å². The molecule has 1 saturated carbocycles. The molecule has 1 fully saturated rings. The van der Waals surface area contributed by atoms with Crippen molar-refractivity contribution in [2.24, 2.45) is 5.41 Å². The van der Waals surface area contributed by atoms with Gasteiger partial charge in [-0.3, -0.25) is 0 Å². The van der Waals surface area contributed by atoms with E-state index in [-0.39, 0.29) is 5.82 Å². The summed E-state index contributed by atoms with van der Waals surface area (Å²) in [6.07, 6.45) is 3.72. The van der Waals surface area contributed by atoms with Gasteiger partial charge < -0.3 is 10.1 Å². The van der Waals surface area contributed by atoms with E-state index >= 15 is 0 Å². The molecule has 3 heteroatoms. The molecule has 1 spiro atoms. The summed E-state index contributed by atoms with van der Waals surface area (Å²) in [5.74, 6) is 0.564. The highest BCUT2D eigenvalue weighted by atomic mass is 19.1. The van der Waals surface area contributed by atoms with Gasteiger partial charge in [-0.15, -0.1) is 0 Å². The summed E-state index contributed by atoms with van der Waals surface area (Å²) in [5.41, 5.74) is 1.09. The molecule has 2 aliphatic rings. The molecule has 0 unspecified atom stereocenters. The first-order valence-corrected chi connectivity index (χ1v) is 5.44. The fraction of sp³-hybridized carbons (Fsp3) is 0.500. The van der Waals surface area contributed by atoms with Crippen LogP contribution in [0.15, 0.2) is 18.2 Å². The van der Waals surface area contributed by atoms with Gasteiger partial charge in [0.1, 0.15) is 11.6 Å². The highest BCUT2D eigenvalue weighted by molar-refractivity contribution is 5.57. The average molecular weight is 207 g/mol. The molecule has 0 radical (unpaired) electrons. The third kappa shape index (κ3) is 1.46. The van der Waals surface area contributed by atoms with Gasteiger partial charge in [0.05, 0.1) is 12.3 Å². The Morgan fingerprint density at radius 3 is 2.93 bits per heavy atom. The minimum absolute atomic E-state index is 0.214. The molecule has 3 rings (SSSR count). The van der Waals surface area contributed by atoms with Crippen molar-refractivity contribution in [3.05, 3.63) is 24.0 Å². The summed E-state index contributed by atoms with van der Waals surface area (Å²) in [4.78, 5) is 0. The van der Waals surface area contributed by atoms with Crippen molar-refractivity contribution in [2.45, 2.75) is 19.3 Å². The Morgan fingerprint density at radius 1 is 1.33 bits per heavy atom. The van der Waals surface area contributed by atoms with E-state index in [1.165, 1.54) is 31.4 Å². The first kappa shape index (κ1) is 9.01. The first-order valence-electron chi connectivity index (χ1n) is 5.44. The highest BCUT2D eigenvalue weighted by Crippen LogP contribution is 2.44. The molecule has 0 amide bonds. The number of nitrogens with one attached hydrogen (secondary N) is 1. The fourth-order valence-corrected chi connectivity index (χ4v) is 2.33. The fourth-order valence-electron chi connectivity index (χ4n) is 2.33. The van der Waals surface area contributed by atoms with Gasteiger partial charge in [0.15, 0.2) is 0 Å². The molecule has 2 nitrogen and oxygen atoms in total. The lowest BCUT2D eigenvalue weighted by molar-refractivity contribution is 0.0766. The van der Waals surface area contributed by atoms with E-state index in [0.717, 1.165) is 24.6 Å². The Balaban J connectivity index is 1.88. The average Bonchev–Trinajstić information content (AvgIpc) is 2.36. The van der Waals surface area contributed by atoms with Gasteiger partial charge in [0.2, 0.25) is 0 Å². The van der Waals surface area contributed by atoms with Crippen LogP contribution in [0.25, 0.3) is 0 Å². The van der Waals surface area contributed by atoms with E-state index in [2.05, 4.69) is 5.32 Å². The maximum absolute atomic E-state index is 13.0. The number of anilines is 1. The third-order valence-electron chi connectivity index (χ3n) is 3.54. The molecule has 0 aromatic heterocycles. The second kappa shape index (κ2) is 3.12. The zero-order chi connectivity index (χ0) is 10.3. The minimum atomic E-state index is -0.214. The number of hydrogen-bond acceptors (Lipinski definition) is 2. The number of ether oxygens (including phenoxy) is 1. The second-order valence-electron chi connectivity index (χ2n) is 4.64. The van der Waals surface area contributed by atoms with E-state index in [1.807, 2.05) is 0 Å². The topological polar surface area (TPSA) is 21.3 Å². The van der Waals surface area contributed by atoms with Gasteiger partial charge >= 0.3 is 0 Å². The molecule has 80 valence electrons. The maximum atomic E-state index is 13.0. The predicted molar refractivity (Wildman–Crippen MR) is 56.7 cm³/mol. The van der Waals surface area contributed by atoms with Gasteiger partial charge in [-0.2, -0.15) is 0 Å². The zero-order valence-corrected chi connectivity index (χ0v) is 8.55. The summed E-state index contributed by atoms with van der Waals surface area (Å²) in [5, 5.41) is 3.29. The van der Waals surface area contributed by atoms with Gasteiger partial charge in [-0.05, 0) is 25.0 Å². The van der Waals surface area contributed by atoms with Crippen molar-refractivity contribution >= 4 is 5.69 Å². The Kier molecular flexibility index (Phi) is 1.87. The molecular weight excluding hydrogens is 193 g/mol. The molecule has 0 atom stereocenters. The number of hydrogen-bond donors (Lipinski definition) is 1. The van der Waals surface area contributed by atoms with Gasteiger partial charge in [0.25, 0.3) is 0 Å². The van der Waals surface area contributed by atoms with E-state index in [9.17, 15) is 4.39 Å². The van der Waals surface area contributed by atoms with Crippen LogP contribution in [0.2, 0.25) is 0 Å². The molecule has 0 bridgehead atoms. The predicted octanol–water partition coefficient (Wildman–Crippen LogP) is 2.80. The number of fused-ring (bicyclic) bond motifs is 1. The minimum Gasteiger partial charge on any atom is -0.491 e. The van der Waals surface area contributed by atoms with Crippen molar-refractivity contribution in [3.63, 3.8) is 0 Å². The summed E-state index contributed by atoms with van der Waals surface area (Å²) in [6, 6.07) is 4.65. The Hall–Kier alpha value is -1.25. The van der Waals surface area contributed by atoms with Crippen LogP contribution in [0, 0.1) is 11.2 Å². The van der Waals surface area contributed by atoms with Crippen molar-refractivity contribution in [1.82, 2.24) is 0 Å². The Bertz CT molecular complexity index is 387. The Labute approximate surface area is 88.4 Å². The first-order chi connectivity index (χ1) is 7.27. The largest absolute Gasteiger partial charge is 0.491 e. The summed E-state index contributed by atoms with van der Waals surface area (Å²) >= 11 is 0. The lowest BCUT2D eigenvalue weighted by atomic mass is 9.69. The van der Waals surface area contributed by atoms with Crippen molar-refractivity contribution < 1.29 is 9.13 Å². The second-order valence-corrected chi connectivity index (χ2v) is 4.64. The van der Waals surface area contributed by atoms with Gasteiger partial charge in [-0.25, -0.2) is 4.39 Å².